The molecular formula is C16H20N2O. The van der Waals surface area contributed by atoms with Gasteiger partial charge in [0.25, 0.3) is 0 Å². The Hall–Kier alpha value is -2.00. The van der Waals surface area contributed by atoms with Crippen molar-refractivity contribution >= 4 is 5.69 Å². The molecule has 0 radical (unpaired) electrons. The van der Waals surface area contributed by atoms with E-state index in [2.05, 4.69) is 17.4 Å². The van der Waals surface area contributed by atoms with E-state index in [1.54, 1.807) is 0 Å². The minimum atomic E-state index is 0.663. The Morgan fingerprint density at radius 2 is 1.68 bits per heavy atom. The fourth-order valence-corrected chi connectivity index (χ4v) is 1.74. The quantitative estimate of drug-likeness (QED) is 0.749. The average molecular weight is 256 g/mol. The summed E-state index contributed by atoms with van der Waals surface area (Å²) in [4.78, 5) is 0. The topological polar surface area (TPSA) is 47.3 Å². The molecule has 0 saturated heterocycles. The molecule has 0 atom stereocenters. The number of nitrogens with two attached hydrogens (primary N) is 1. The molecule has 3 nitrogen and oxygen atoms in total. The number of anilines is 1. The van der Waals surface area contributed by atoms with Crippen molar-refractivity contribution < 1.29 is 4.74 Å². The third kappa shape index (κ3) is 4.64. The van der Waals surface area contributed by atoms with Crippen LogP contribution in [-0.2, 0) is 6.54 Å². The van der Waals surface area contributed by atoms with Gasteiger partial charge in [0.1, 0.15) is 5.75 Å². The minimum absolute atomic E-state index is 0.663. The lowest BCUT2D eigenvalue weighted by Gasteiger charge is -2.08. The van der Waals surface area contributed by atoms with Gasteiger partial charge in [-0.3, -0.25) is 0 Å². The zero-order valence-corrected chi connectivity index (χ0v) is 11.0. The Kier molecular flexibility index (Phi) is 5.26. The number of benzene rings is 2. The van der Waals surface area contributed by atoms with Crippen molar-refractivity contribution in [2.24, 2.45) is 5.73 Å². The second-order valence-corrected chi connectivity index (χ2v) is 4.35. The summed E-state index contributed by atoms with van der Waals surface area (Å²) in [5, 5.41) is 3.38. The first-order valence-electron chi connectivity index (χ1n) is 6.59. The summed E-state index contributed by atoms with van der Waals surface area (Å²) in [5.41, 5.74) is 7.78. The van der Waals surface area contributed by atoms with Crippen LogP contribution in [-0.4, -0.2) is 13.2 Å². The Balaban J connectivity index is 1.81. The van der Waals surface area contributed by atoms with Gasteiger partial charge in [-0.1, -0.05) is 30.3 Å². The summed E-state index contributed by atoms with van der Waals surface area (Å²) in [7, 11) is 0. The molecule has 0 amide bonds. The lowest BCUT2D eigenvalue weighted by atomic mass is 10.2. The zero-order chi connectivity index (χ0) is 13.3. The van der Waals surface area contributed by atoms with E-state index in [9.17, 15) is 0 Å². The predicted molar refractivity (Wildman–Crippen MR) is 79.4 cm³/mol. The summed E-state index contributed by atoms with van der Waals surface area (Å²) < 4.78 is 5.56. The SMILES string of the molecule is NCCCOc1ccc(NCc2ccccc2)cc1. The molecule has 0 unspecified atom stereocenters. The summed E-state index contributed by atoms with van der Waals surface area (Å²) >= 11 is 0. The Bertz CT molecular complexity index is 468. The van der Waals surface area contributed by atoms with Crippen LogP contribution in [0.2, 0.25) is 0 Å². The van der Waals surface area contributed by atoms with Gasteiger partial charge in [-0.05, 0) is 42.8 Å². The molecule has 0 heterocycles. The maximum atomic E-state index is 5.56. The maximum absolute atomic E-state index is 5.56. The molecule has 2 aromatic carbocycles. The molecule has 2 aromatic rings. The average Bonchev–Trinajstić information content (AvgIpc) is 2.48. The van der Waals surface area contributed by atoms with E-state index in [0.29, 0.717) is 13.2 Å². The fraction of sp³-hybridized carbons (Fsp3) is 0.250. The van der Waals surface area contributed by atoms with Crippen LogP contribution in [0, 0.1) is 0 Å². The molecule has 0 saturated carbocycles. The lowest BCUT2D eigenvalue weighted by Crippen LogP contribution is -2.06. The van der Waals surface area contributed by atoms with Crippen molar-refractivity contribution in [3.05, 3.63) is 60.2 Å². The van der Waals surface area contributed by atoms with E-state index in [-0.39, 0.29) is 0 Å². The van der Waals surface area contributed by atoms with Crippen LogP contribution in [0.4, 0.5) is 5.69 Å². The second kappa shape index (κ2) is 7.44. The van der Waals surface area contributed by atoms with Crippen LogP contribution in [0.5, 0.6) is 5.75 Å². The molecule has 0 fully saturated rings. The van der Waals surface area contributed by atoms with Crippen LogP contribution in [0.25, 0.3) is 0 Å². The van der Waals surface area contributed by atoms with Gasteiger partial charge in [-0.15, -0.1) is 0 Å². The number of ether oxygens (including phenoxy) is 1. The third-order valence-electron chi connectivity index (χ3n) is 2.81. The largest absolute Gasteiger partial charge is 0.494 e. The first kappa shape index (κ1) is 13.4. The number of nitrogens with one attached hydrogen (secondary N) is 1. The van der Waals surface area contributed by atoms with Crippen molar-refractivity contribution in [2.75, 3.05) is 18.5 Å². The molecule has 100 valence electrons. The Labute approximate surface area is 114 Å². The molecule has 0 spiro atoms. The highest BCUT2D eigenvalue weighted by Gasteiger charge is 1.96. The van der Waals surface area contributed by atoms with E-state index in [1.807, 2.05) is 42.5 Å². The van der Waals surface area contributed by atoms with Gasteiger partial charge in [0.15, 0.2) is 0 Å². The Morgan fingerprint density at radius 1 is 0.947 bits per heavy atom. The van der Waals surface area contributed by atoms with E-state index in [0.717, 1.165) is 24.4 Å². The third-order valence-corrected chi connectivity index (χ3v) is 2.81. The van der Waals surface area contributed by atoms with Crippen molar-refractivity contribution in [2.45, 2.75) is 13.0 Å². The molecule has 0 aliphatic carbocycles. The van der Waals surface area contributed by atoms with Gasteiger partial charge >= 0.3 is 0 Å². The molecule has 0 bridgehead atoms. The van der Waals surface area contributed by atoms with Crippen LogP contribution in [0.15, 0.2) is 54.6 Å². The molecule has 3 N–H and O–H groups in total. The van der Waals surface area contributed by atoms with E-state index >= 15 is 0 Å². The Morgan fingerprint density at radius 3 is 2.37 bits per heavy atom. The predicted octanol–water partition coefficient (Wildman–Crippen LogP) is 3.03. The molecule has 0 aromatic heterocycles. The van der Waals surface area contributed by atoms with Gasteiger partial charge in [-0.2, -0.15) is 0 Å². The summed E-state index contributed by atoms with van der Waals surface area (Å²) in [6, 6.07) is 18.3. The number of hydrogen-bond acceptors (Lipinski definition) is 3. The number of hydrogen-bond donors (Lipinski definition) is 2. The van der Waals surface area contributed by atoms with Crippen LogP contribution >= 0.6 is 0 Å². The van der Waals surface area contributed by atoms with Crippen molar-refractivity contribution in [1.82, 2.24) is 0 Å². The monoisotopic (exact) mass is 256 g/mol. The first-order chi connectivity index (χ1) is 9.38. The molecule has 19 heavy (non-hydrogen) atoms. The summed E-state index contributed by atoms with van der Waals surface area (Å²) in [6.45, 7) is 2.16. The van der Waals surface area contributed by atoms with E-state index in [1.165, 1.54) is 5.56 Å². The van der Waals surface area contributed by atoms with Crippen molar-refractivity contribution in [1.29, 1.82) is 0 Å². The zero-order valence-electron chi connectivity index (χ0n) is 11.0. The second-order valence-electron chi connectivity index (χ2n) is 4.35. The molecule has 0 aliphatic rings. The molecular weight excluding hydrogens is 236 g/mol. The normalized spacial score (nSPS) is 10.2. The van der Waals surface area contributed by atoms with E-state index in [4.69, 9.17) is 10.5 Å². The van der Waals surface area contributed by atoms with Crippen LogP contribution in [0.3, 0.4) is 0 Å². The number of rotatable bonds is 7. The standard InChI is InChI=1S/C16H20N2O/c17-11-4-12-19-16-9-7-15(8-10-16)18-13-14-5-2-1-3-6-14/h1-3,5-10,18H,4,11-13,17H2. The van der Waals surface area contributed by atoms with Gasteiger partial charge in [0.2, 0.25) is 0 Å². The van der Waals surface area contributed by atoms with Gasteiger partial charge in [0, 0.05) is 12.2 Å². The molecule has 3 heteroatoms. The lowest BCUT2D eigenvalue weighted by molar-refractivity contribution is 0.313. The van der Waals surface area contributed by atoms with Crippen LogP contribution < -0.4 is 15.8 Å². The van der Waals surface area contributed by atoms with Crippen LogP contribution in [0.1, 0.15) is 12.0 Å². The highest BCUT2D eigenvalue weighted by molar-refractivity contribution is 5.46. The van der Waals surface area contributed by atoms with Crippen molar-refractivity contribution in [3.8, 4) is 5.75 Å². The summed E-state index contributed by atoms with van der Waals surface area (Å²) in [6.07, 6.45) is 0.883. The van der Waals surface area contributed by atoms with E-state index < -0.39 is 0 Å². The highest BCUT2D eigenvalue weighted by atomic mass is 16.5. The van der Waals surface area contributed by atoms with Gasteiger partial charge in [-0.25, -0.2) is 0 Å². The summed E-state index contributed by atoms with van der Waals surface area (Å²) in [5.74, 6) is 0.888. The smallest absolute Gasteiger partial charge is 0.119 e. The maximum Gasteiger partial charge on any atom is 0.119 e. The fourth-order valence-electron chi connectivity index (χ4n) is 1.74. The minimum Gasteiger partial charge on any atom is -0.494 e. The van der Waals surface area contributed by atoms with Crippen molar-refractivity contribution in [3.63, 3.8) is 0 Å². The van der Waals surface area contributed by atoms with Gasteiger partial charge < -0.3 is 15.8 Å². The highest BCUT2D eigenvalue weighted by Crippen LogP contribution is 2.16. The molecule has 2 rings (SSSR count). The first-order valence-corrected chi connectivity index (χ1v) is 6.59. The van der Waals surface area contributed by atoms with Gasteiger partial charge in [0.05, 0.1) is 6.61 Å². The molecule has 0 aliphatic heterocycles.